The highest BCUT2D eigenvalue weighted by Gasteiger charge is 2.54. The van der Waals surface area contributed by atoms with Crippen LogP contribution in [0.4, 0.5) is 29.1 Å². The smallest absolute Gasteiger partial charge is 0.380 e. The number of fused-ring (bicyclic) bond motifs is 2. The van der Waals surface area contributed by atoms with E-state index >= 15 is 0 Å². The monoisotopic (exact) mass is 570 g/mol. The largest absolute Gasteiger partial charge is 0.493 e. The molecule has 3 atom stereocenters. The van der Waals surface area contributed by atoms with Crippen molar-refractivity contribution in [3.8, 4) is 0 Å². The number of hydrogen-bond donors (Lipinski definition) is 1. The first-order valence-electron chi connectivity index (χ1n) is 13.0. The molecule has 3 aliphatic heterocycles. The van der Waals surface area contributed by atoms with Crippen molar-refractivity contribution in [1.82, 2.24) is 19.4 Å². The summed E-state index contributed by atoms with van der Waals surface area (Å²) in [6, 6.07) is 5.33. The predicted octanol–water partition coefficient (Wildman–Crippen LogP) is 1.15. The fourth-order valence-electron chi connectivity index (χ4n) is 5.75. The standard InChI is InChI=1S/C25H30F4N6O5/c1-3-39-11-10-33-21(36)19-20(31(2)24(33)38)35(40-22(37)25(27,28)29)23(32-9-8-16-12-30-13-18(16)32)34(19)14-15-4-6-17(26)7-5-15/h4-7,16,18,23,30H,3,8-14H2,1-2H3. The molecule has 3 aliphatic rings. The summed E-state index contributed by atoms with van der Waals surface area (Å²) in [6.45, 7) is 3.73. The Morgan fingerprint density at radius 1 is 1.15 bits per heavy atom. The number of nitrogens with zero attached hydrogens (tertiary/aromatic N) is 5. The number of alkyl halides is 3. The van der Waals surface area contributed by atoms with Crippen molar-refractivity contribution < 1.29 is 31.9 Å². The van der Waals surface area contributed by atoms with Crippen molar-refractivity contribution in [2.45, 2.75) is 44.9 Å². The fraction of sp³-hybridized carbons (Fsp3) is 0.560. The molecule has 0 radical (unpaired) electrons. The molecule has 4 heterocycles. The van der Waals surface area contributed by atoms with Gasteiger partial charge in [-0.1, -0.05) is 12.1 Å². The first-order chi connectivity index (χ1) is 19.0. The number of benzene rings is 1. The molecular formula is C25H30F4N6O5. The molecule has 0 bridgehead atoms. The third-order valence-electron chi connectivity index (χ3n) is 7.61. The van der Waals surface area contributed by atoms with Gasteiger partial charge in [-0.15, -0.1) is 5.06 Å². The van der Waals surface area contributed by atoms with E-state index in [1.165, 1.54) is 36.2 Å². The van der Waals surface area contributed by atoms with Crippen molar-refractivity contribution in [2.75, 3.05) is 42.8 Å². The summed E-state index contributed by atoms with van der Waals surface area (Å²) in [5.41, 5.74) is -1.13. The highest BCUT2D eigenvalue weighted by atomic mass is 19.4. The van der Waals surface area contributed by atoms with Gasteiger partial charge in [0, 0.05) is 39.3 Å². The number of anilines is 2. The summed E-state index contributed by atoms with van der Waals surface area (Å²) in [5, 5.41) is 4.00. The van der Waals surface area contributed by atoms with E-state index in [2.05, 4.69) is 5.32 Å². The summed E-state index contributed by atoms with van der Waals surface area (Å²) >= 11 is 0. The molecule has 218 valence electrons. The molecule has 0 saturated carbocycles. The fourth-order valence-corrected chi connectivity index (χ4v) is 5.75. The number of hydrogen-bond acceptors (Lipinski definition) is 9. The van der Waals surface area contributed by atoms with Crippen LogP contribution in [0.2, 0.25) is 0 Å². The van der Waals surface area contributed by atoms with E-state index in [1.807, 2.05) is 4.90 Å². The molecule has 1 N–H and O–H groups in total. The molecule has 40 heavy (non-hydrogen) atoms. The predicted molar refractivity (Wildman–Crippen MR) is 135 cm³/mol. The van der Waals surface area contributed by atoms with E-state index in [4.69, 9.17) is 9.57 Å². The molecule has 2 saturated heterocycles. The Balaban J connectivity index is 1.69. The van der Waals surface area contributed by atoms with Crippen molar-refractivity contribution in [3.05, 3.63) is 56.5 Å². The van der Waals surface area contributed by atoms with Gasteiger partial charge in [-0.25, -0.2) is 14.0 Å². The second-order valence-corrected chi connectivity index (χ2v) is 9.98. The van der Waals surface area contributed by atoms with Gasteiger partial charge in [-0.05, 0) is 43.5 Å². The number of ether oxygens (including phenoxy) is 1. The van der Waals surface area contributed by atoms with Crippen LogP contribution in [0.15, 0.2) is 33.9 Å². The van der Waals surface area contributed by atoms with Crippen molar-refractivity contribution in [1.29, 1.82) is 0 Å². The molecule has 0 spiro atoms. The van der Waals surface area contributed by atoms with Crippen LogP contribution in [0, 0.1) is 11.7 Å². The Morgan fingerprint density at radius 3 is 2.55 bits per heavy atom. The molecule has 0 amide bonds. The van der Waals surface area contributed by atoms with Crippen LogP contribution in [0.1, 0.15) is 18.9 Å². The highest BCUT2D eigenvalue weighted by Crippen LogP contribution is 2.42. The van der Waals surface area contributed by atoms with Crippen molar-refractivity contribution >= 4 is 17.5 Å². The molecule has 11 nitrogen and oxygen atoms in total. The van der Waals surface area contributed by atoms with Gasteiger partial charge < -0.3 is 19.8 Å². The normalized spacial score (nSPS) is 22.6. The van der Waals surface area contributed by atoms with Gasteiger partial charge in [0.1, 0.15) is 5.82 Å². The van der Waals surface area contributed by atoms with Crippen LogP contribution in [-0.4, -0.2) is 71.4 Å². The van der Waals surface area contributed by atoms with Gasteiger partial charge in [0.05, 0.1) is 13.2 Å². The van der Waals surface area contributed by atoms with E-state index in [0.717, 1.165) is 20.6 Å². The third-order valence-corrected chi connectivity index (χ3v) is 7.61. The molecule has 5 rings (SSSR count). The van der Waals surface area contributed by atoms with E-state index < -0.39 is 35.5 Å². The summed E-state index contributed by atoms with van der Waals surface area (Å²) in [5.74, 6) is -3.05. The zero-order valence-electron chi connectivity index (χ0n) is 22.0. The first kappa shape index (κ1) is 28.1. The number of likely N-dealkylation sites (tertiary alicyclic amines) is 1. The number of halogens is 4. The van der Waals surface area contributed by atoms with E-state index in [0.29, 0.717) is 31.8 Å². The third kappa shape index (κ3) is 4.97. The zero-order valence-corrected chi connectivity index (χ0v) is 22.0. The Bertz CT molecular complexity index is 1380. The van der Waals surface area contributed by atoms with Crippen LogP contribution >= 0.6 is 0 Å². The number of carbonyl (C=O) groups excluding carboxylic acids is 1. The number of aromatic nitrogens is 2. The Kier molecular flexibility index (Phi) is 7.63. The molecular weight excluding hydrogens is 540 g/mol. The second-order valence-electron chi connectivity index (χ2n) is 9.98. The molecule has 1 aromatic heterocycles. The molecule has 2 fully saturated rings. The lowest BCUT2D eigenvalue weighted by atomic mass is 10.1. The quantitative estimate of drug-likeness (QED) is 0.370. The minimum Gasteiger partial charge on any atom is -0.380 e. The number of nitrogens with one attached hydrogen (secondary N) is 1. The van der Waals surface area contributed by atoms with Gasteiger partial charge in [0.2, 0.25) is 0 Å². The highest BCUT2D eigenvalue weighted by molar-refractivity contribution is 5.80. The molecule has 2 aromatic rings. The minimum absolute atomic E-state index is 0.0434. The number of rotatable bonds is 8. The maximum atomic E-state index is 13.9. The van der Waals surface area contributed by atoms with Gasteiger partial charge in [-0.2, -0.15) is 13.2 Å². The Labute approximate surface area is 226 Å². The van der Waals surface area contributed by atoms with Crippen LogP contribution < -0.4 is 26.5 Å². The number of hydroxylamine groups is 1. The van der Waals surface area contributed by atoms with Crippen molar-refractivity contribution in [2.24, 2.45) is 13.0 Å². The SMILES string of the molecule is CCOCCn1c(=O)c2c(n(C)c1=O)N(OC(=O)C(F)(F)F)C(N1CCC3CNCC31)N2Cc1ccc(F)cc1. The summed E-state index contributed by atoms with van der Waals surface area (Å²) in [4.78, 5) is 47.7. The van der Waals surface area contributed by atoms with Crippen LogP contribution in [0.25, 0.3) is 0 Å². The first-order valence-corrected chi connectivity index (χ1v) is 13.0. The van der Waals surface area contributed by atoms with E-state index in [9.17, 15) is 31.9 Å². The summed E-state index contributed by atoms with van der Waals surface area (Å²) in [6.07, 6.45) is -5.78. The van der Waals surface area contributed by atoms with Gasteiger partial charge in [-0.3, -0.25) is 18.8 Å². The van der Waals surface area contributed by atoms with Crippen LogP contribution in [0.5, 0.6) is 0 Å². The molecule has 0 aliphatic carbocycles. The van der Waals surface area contributed by atoms with Crippen LogP contribution in [0.3, 0.4) is 0 Å². The number of carbonyl (C=O) groups is 1. The average molecular weight is 571 g/mol. The lowest BCUT2D eigenvalue weighted by Gasteiger charge is -2.39. The maximum absolute atomic E-state index is 13.9. The lowest BCUT2D eigenvalue weighted by molar-refractivity contribution is -0.203. The van der Waals surface area contributed by atoms with E-state index in [1.54, 1.807) is 6.92 Å². The molecule has 3 unspecified atom stereocenters. The summed E-state index contributed by atoms with van der Waals surface area (Å²) < 4.78 is 61.3. The van der Waals surface area contributed by atoms with E-state index in [-0.39, 0.29) is 43.2 Å². The van der Waals surface area contributed by atoms with Crippen LogP contribution in [-0.2, 0) is 34.5 Å². The minimum atomic E-state index is -5.33. The lowest BCUT2D eigenvalue weighted by Crippen LogP contribution is -2.58. The topological polar surface area (TPSA) is 101 Å². The zero-order chi connectivity index (χ0) is 28.8. The van der Waals surface area contributed by atoms with Gasteiger partial charge >= 0.3 is 17.8 Å². The second kappa shape index (κ2) is 10.9. The Morgan fingerprint density at radius 2 is 1.88 bits per heavy atom. The molecule has 15 heteroatoms. The maximum Gasteiger partial charge on any atom is 0.493 e. The van der Waals surface area contributed by atoms with Gasteiger partial charge in [0.15, 0.2) is 17.8 Å². The van der Waals surface area contributed by atoms with Crippen molar-refractivity contribution in [3.63, 3.8) is 0 Å². The van der Waals surface area contributed by atoms with Gasteiger partial charge in [0.25, 0.3) is 5.56 Å². The Hall–Kier alpha value is -3.43. The average Bonchev–Trinajstić information content (AvgIpc) is 3.60. The summed E-state index contributed by atoms with van der Waals surface area (Å²) in [7, 11) is 1.30. The molecule has 1 aromatic carbocycles.